The van der Waals surface area contributed by atoms with E-state index in [1.165, 1.54) is 11.1 Å². The Labute approximate surface area is 147 Å². The van der Waals surface area contributed by atoms with E-state index in [0.717, 1.165) is 35.7 Å². The third-order valence-electron chi connectivity index (χ3n) is 5.31. The highest BCUT2D eigenvalue weighted by Gasteiger charge is 2.23. The maximum Gasteiger partial charge on any atom is 0.352 e. The summed E-state index contributed by atoms with van der Waals surface area (Å²) in [6.07, 6.45) is 3.38. The Hall–Kier alpha value is -2.59. The van der Waals surface area contributed by atoms with E-state index in [1.54, 1.807) is 4.57 Å². The molecule has 1 atom stereocenters. The van der Waals surface area contributed by atoms with Crippen LogP contribution in [-0.4, -0.2) is 15.6 Å². The summed E-state index contributed by atoms with van der Waals surface area (Å²) in [6, 6.07) is 16.7. The molecule has 1 aliphatic carbocycles. The molecule has 1 aliphatic rings. The zero-order chi connectivity index (χ0) is 17.4. The minimum atomic E-state index is -0.875. The molecule has 2 N–H and O–H groups in total. The molecule has 128 valence electrons. The number of para-hydroxylation sites is 1. The maximum atomic E-state index is 11.8. The van der Waals surface area contributed by atoms with Crippen LogP contribution in [0, 0.1) is 0 Å². The highest BCUT2D eigenvalue weighted by molar-refractivity contribution is 5.98. The van der Waals surface area contributed by atoms with E-state index in [4.69, 9.17) is 0 Å². The molecule has 1 heterocycles. The Morgan fingerprint density at radius 3 is 2.80 bits per heavy atom. The summed E-state index contributed by atoms with van der Waals surface area (Å²) in [5.41, 5.74) is 4.96. The van der Waals surface area contributed by atoms with Gasteiger partial charge in [-0.3, -0.25) is 0 Å². The molecule has 0 aliphatic heterocycles. The van der Waals surface area contributed by atoms with Gasteiger partial charge in [-0.25, -0.2) is 4.79 Å². The number of carboxylic acid groups (broad SMARTS) is 1. The standard InChI is InChI=1S/C21H22N2O2/c1-23-19-12-5-4-10-16(19)17(20(23)21(24)25)13-22-18-11-6-8-14-7-2-3-9-15(14)18/h2-5,7,9-10,12,18,22H,6,8,11,13H2,1H3,(H,24,25). The van der Waals surface area contributed by atoms with Crippen LogP contribution in [0.3, 0.4) is 0 Å². The van der Waals surface area contributed by atoms with Crippen LogP contribution < -0.4 is 5.32 Å². The molecule has 0 radical (unpaired) electrons. The molecule has 4 nitrogen and oxygen atoms in total. The summed E-state index contributed by atoms with van der Waals surface area (Å²) < 4.78 is 1.78. The number of carbonyl (C=O) groups is 1. The fraction of sp³-hybridized carbons (Fsp3) is 0.286. The molecule has 0 fully saturated rings. The number of benzene rings is 2. The van der Waals surface area contributed by atoms with Crippen molar-refractivity contribution < 1.29 is 9.90 Å². The van der Waals surface area contributed by atoms with Crippen molar-refractivity contribution in [1.29, 1.82) is 0 Å². The van der Waals surface area contributed by atoms with E-state index in [1.807, 2.05) is 31.3 Å². The summed E-state index contributed by atoms with van der Waals surface area (Å²) in [5, 5.41) is 14.3. The fourth-order valence-electron chi connectivity index (χ4n) is 4.11. The van der Waals surface area contributed by atoms with Gasteiger partial charge in [-0.1, -0.05) is 42.5 Å². The van der Waals surface area contributed by atoms with Gasteiger partial charge in [-0.05, 0) is 36.5 Å². The van der Waals surface area contributed by atoms with Crippen molar-refractivity contribution >= 4 is 16.9 Å². The first-order valence-electron chi connectivity index (χ1n) is 8.77. The molecule has 4 heteroatoms. The summed E-state index contributed by atoms with van der Waals surface area (Å²) in [7, 11) is 1.82. The molecule has 1 unspecified atom stereocenters. The smallest absolute Gasteiger partial charge is 0.352 e. The van der Waals surface area contributed by atoms with Gasteiger partial charge in [-0.15, -0.1) is 0 Å². The average molecular weight is 334 g/mol. The number of nitrogens with zero attached hydrogens (tertiary/aromatic N) is 1. The first-order valence-corrected chi connectivity index (χ1v) is 8.77. The van der Waals surface area contributed by atoms with Gasteiger partial charge in [0.25, 0.3) is 0 Å². The Morgan fingerprint density at radius 2 is 1.96 bits per heavy atom. The normalized spacial score (nSPS) is 16.8. The second-order valence-electron chi connectivity index (χ2n) is 6.73. The number of carboxylic acids is 1. The van der Waals surface area contributed by atoms with Gasteiger partial charge in [0.05, 0.1) is 0 Å². The van der Waals surface area contributed by atoms with Crippen molar-refractivity contribution in [2.45, 2.75) is 31.8 Å². The summed E-state index contributed by atoms with van der Waals surface area (Å²) in [5.74, 6) is -0.875. The average Bonchev–Trinajstić information content (AvgIpc) is 2.92. The van der Waals surface area contributed by atoms with Crippen molar-refractivity contribution in [1.82, 2.24) is 9.88 Å². The van der Waals surface area contributed by atoms with Crippen molar-refractivity contribution in [3.63, 3.8) is 0 Å². The second-order valence-corrected chi connectivity index (χ2v) is 6.73. The minimum Gasteiger partial charge on any atom is -0.477 e. The van der Waals surface area contributed by atoms with Gasteiger partial charge in [-0.2, -0.15) is 0 Å². The lowest BCUT2D eigenvalue weighted by Crippen LogP contribution is -2.25. The minimum absolute atomic E-state index is 0.283. The summed E-state index contributed by atoms with van der Waals surface area (Å²) in [6.45, 7) is 0.558. The molecule has 1 aromatic heterocycles. The fourth-order valence-corrected chi connectivity index (χ4v) is 4.11. The number of fused-ring (bicyclic) bond motifs is 2. The molecule has 0 amide bonds. The molecule has 0 saturated carbocycles. The van der Waals surface area contributed by atoms with E-state index in [2.05, 4.69) is 29.6 Å². The molecule has 0 bridgehead atoms. The number of rotatable bonds is 4. The van der Waals surface area contributed by atoms with Crippen LogP contribution in [0.4, 0.5) is 0 Å². The van der Waals surface area contributed by atoms with Crippen LogP contribution in [0.1, 0.15) is 46.1 Å². The van der Waals surface area contributed by atoms with Crippen molar-refractivity contribution in [2.75, 3.05) is 0 Å². The number of aromatic nitrogens is 1. The number of hydrogen-bond acceptors (Lipinski definition) is 2. The largest absolute Gasteiger partial charge is 0.477 e. The zero-order valence-corrected chi connectivity index (χ0v) is 14.3. The molecule has 4 rings (SSSR count). The first kappa shape index (κ1) is 15.9. The molecule has 25 heavy (non-hydrogen) atoms. The molecular formula is C21H22N2O2. The van der Waals surface area contributed by atoms with Crippen molar-refractivity contribution in [3.05, 3.63) is 70.9 Å². The monoisotopic (exact) mass is 334 g/mol. The van der Waals surface area contributed by atoms with Crippen molar-refractivity contribution in [3.8, 4) is 0 Å². The third kappa shape index (κ3) is 2.72. The van der Waals surface area contributed by atoms with E-state index < -0.39 is 5.97 Å². The lowest BCUT2D eigenvalue weighted by Gasteiger charge is -2.26. The number of nitrogens with one attached hydrogen (secondary N) is 1. The van der Waals surface area contributed by atoms with Gasteiger partial charge < -0.3 is 15.0 Å². The Kier molecular flexibility index (Phi) is 4.06. The highest BCUT2D eigenvalue weighted by atomic mass is 16.4. The van der Waals surface area contributed by atoms with Gasteiger partial charge in [0.2, 0.25) is 0 Å². The number of aryl methyl sites for hydroxylation is 2. The number of hydrogen-bond donors (Lipinski definition) is 2. The Morgan fingerprint density at radius 1 is 1.20 bits per heavy atom. The SMILES string of the molecule is Cn1c(C(=O)O)c(CNC2CCCc3ccccc32)c2ccccc21. The molecule has 0 saturated heterocycles. The van der Waals surface area contributed by atoms with Crippen LogP contribution in [0.2, 0.25) is 0 Å². The van der Waals surface area contributed by atoms with Gasteiger partial charge >= 0.3 is 5.97 Å². The van der Waals surface area contributed by atoms with E-state index in [9.17, 15) is 9.90 Å². The first-order chi connectivity index (χ1) is 12.2. The van der Waals surface area contributed by atoms with Crippen molar-refractivity contribution in [2.24, 2.45) is 7.05 Å². The lowest BCUT2D eigenvalue weighted by atomic mass is 9.87. The highest BCUT2D eigenvalue weighted by Crippen LogP contribution is 2.31. The Balaban J connectivity index is 1.68. The second kappa shape index (κ2) is 6.37. The van der Waals surface area contributed by atoms with Gasteiger partial charge in [0.1, 0.15) is 5.69 Å². The predicted octanol–water partition coefficient (Wildman–Crippen LogP) is 4.04. The summed E-state index contributed by atoms with van der Waals surface area (Å²) in [4.78, 5) is 11.8. The predicted molar refractivity (Wildman–Crippen MR) is 98.8 cm³/mol. The van der Waals surface area contributed by atoms with Crippen LogP contribution in [-0.2, 0) is 20.0 Å². The Bertz CT molecular complexity index is 942. The topological polar surface area (TPSA) is 54.3 Å². The zero-order valence-electron chi connectivity index (χ0n) is 14.3. The number of aromatic carboxylic acids is 1. The summed E-state index contributed by atoms with van der Waals surface area (Å²) >= 11 is 0. The lowest BCUT2D eigenvalue weighted by molar-refractivity contribution is 0.0685. The van der Waals surface area contributed by atoms with E-state index in [-0.39, 0.29) is 6.04 Å². The van der Waals surface area contributed by atoms with Crippen LogP contribution in [0.25, 0.3) is 10.9 Å². The van der Waals surface area contributed by atoms with Crippen LogP contribution >= 0.6 is 0 Å². The quantitative estimate of drug-likeness (QED) is 0.757. The van der Waals surface area contributed by atoms with E-state index in [0.29, 0.717) is 12.2 Å². The molecule has 3 aromatic rings. The van der Waals surface area contributed by atoms with Gasteiger partial charge in [0, 0.05) is 36.1 Å². The third-order valence-corrected chi connectivity index (χ3v) is 5.31. The molecule has 0 spiro atoms. The van der Waals surface area contributed by atoms with E-state index >= 15 is 0 Å². The molecule has 2 aromatic carbocycles. The molecular weight excluding hydrogens is 312 g/mol. The van der Waals surface area contributed by atoms with Gasteiger partial charge in [0.15, 0.2) is 0 Å². The van der Waals surface area contributed by atoms with Crippen LogP contribution in [0.15, 0.2) is 48.5 Å². The maximum absolute atomic E-state index is 11.8. The van der Waals surface area contributed by atoms with Crippen LogP contribution in [0.5, 0.6) is 0 Å².